The van der Waals surface area contributed by atoms with Crippen LogP contribution in [0.5, 0.6) is 0 Å². The lowest BCUT2D eigenvalue weighted by atomic mass is 10.3. The second kappa shape index (κ2) is 5.46. The van der Waals surface area contributed by atoms with Gasteiger partial charge in [0.1, 0.15) is 12.1 Å². The van der Waals surface area contributed by atoms with Crippen molar-refractivity contribution in [1.82, 2.24) is 9.97 Å². The van der Waals surface area contributed by atoms with E-state index < -0.39 is 11.9 Å². The zero-order valence-electron chi connectivity index (χ0n) is 8.93. The summed E-state index contributed by atoms with van der Waals surface area (Å²) in [6, 6.07) is 0. The Balaban J connectivity index is 2.89. The monoisotopic (exact) mass is 235 g/mol. The van der Waals surface area contributed by atoms with E-state index in [1.54, 1.807) is 0 Å². The summed E-state index contributed by atoms with van der Waals surface area (Å²) in [5, 5.41) is 8.74. The largest absolute Gasteiger partial charge is 0.476 e. The Kier molecular flexibility index (Phi) is 4.00. The zero-order valence-corrected chi connectivity index (χ0v) is 8.93. The van der Waals surface area contributed by atoms with Crippen LogP contribution in [0.15, 0.2) is 6.20 Å². The van der Waals surface area contributed by atoms with Crippen molar-refractivity contribution in [2.24, 2.45) is 0 Å². The molecule has 0 saturated carbocycles. The van der Waals surface area contributed by atoms with Crippen molar-refractivity contribution in [2.75, 3.05) is 12.8 Å². The number of esters is 1. The number of nitrogen functional groups attached to an aromatic ring is 1. The van der Waals surface area contributed by atoms with Crippen LogP contribution in [0.1, 0.15) is 22.6 Å². The molecule has 0 bridgehead atoms. The van der Waals surface area contributed by atoms with Crippen LogP contribution < -0.4 is 5.73 Å². The van der Waals surface area contributed by atoms with Crippen LogP contribution in [0.3, 0.4) is 0 Å². The van der Waals surface area contributed by atoms with Crippen molar-refractivity contribution in [3.63, 3.8) is 0 Å². The van der Waals surface area contributed by atoms with Crippen LogP contribution in [0, 0.1) is 11.8 Å². The smallest absolute Gasteiger partial charge is 0.358 e. The maximum absolute atomic E-state index is 10.8. The Labute approximate surface area is 96.6 Å². The summed E-state index contributed by atoms with van der Waals surface area (Å²) < 4.78 is 4.38. The number of carbonyl (C=O) groups excluding carboxylic acids is 1. The van der Waals surface area contributed by atoms with Gasteiger partial charge in [0.05, 0.1) is 13.3 Å². The third-order valence-corrected chi connectivity index (χ3v) is 1.68. The van der Waals surface area contributed by atoms with Crippen molar-refractivity contribution in [2.45, 2.75) is 6.42 Å². The van der Waals surface area contributed by atoms with Gasteiger partial charge in [-0.2, -0.15) is 0 Å². The molecule has 0 atom stereocenters. The van der Waals surface area contributed by atoms with Crippen LogP contribution in [0.25, 0.3) is 0 Å². The molecule has 0 spiro atoms. The molecule has 7 nitrogen and oxygen atoms in total. The van der Waals surface area contributed by atoms with E-state index in [-0.39, 0.29) is 23.6 Å². The van der Waals surface area contributed by atoms with E-state index in [9.17, 15) is 9.59 Å². The van der Waals surface area contributed by atoms with E-state index in [0.29, 0.717) is 0 Å². The van der Waals surface area contributed by atoms with Crippen LogP contribution >= 0.6 is 0 Å². The van der Waals surface area contributed by atoms with Crippen LogP contribution in [0.2, 0.25) is 0 Å². The molecule has 0 aliphatic heterocycles. The van der Waals surface area contributed by atoms with Gasteiger partial charge in [-0.3, -0.25) is 4.79 Å². The van der Waals surface area contributed by atoms with E-state index in [2.05, 4.69) is 26.5 Å². The topological polar surface area (TPSA) is 115 Å². The molecule has 1 aromatic rings. The summed E-state index contributed by atoms with van der Waals surface area (Å²) in [4.78, 5) is 28.8. The van der Waals surface area contributed by atoms with Gasteiger partial charge >= 0.3 is 11.9 Å². The van der Waals surface area contributed by atoms with Gasteiger partial charge in [-0.15, -0.1) is 0 Å². The normalized spacial score (nSPS) is 9.00. The molecule has 17 heavy (non-hydrogen) atoms. The molecule has 0 aromatic carbocycles. The van der Waals surface area contributed by atoms with Gasteiger partial charge in [0, 0.05) is 0 Å². The molecule has 0 aliphatic carbocycles. The number of carboxylic acids is 1. The van der Waals surface area contributed by atoms with E-state index in [1.165, 1.54) is 13.3 Å². The molecule has 0 aliphatic rings. The predicted octanol–water partition coefficient (Wildman–Crippen LogP) is -0.328. The molecular weight excluding hydrogens is 226 g/mol. The summed E-state index contributed by atoms with van der Waals surface area (Å²) >= 11 is 0. The number of ether oxygens (including phenoxy) is 1. The van der Waals surface area contributed by atoms with Gasteiger partial charge in [-0.1, -0.05) is 5.92 Å². The minimum absolute atomic E-state index is 0.106. The van der Waals surface area contributed by atoms with Crippen molar-refractivity contribution in [1.29, 1.82) is 0 Å². The summed E-state index contributed by atoms with van der Waals surface area (Å²) in [5.74, 6) is 3.01. The van der Waals surface area contributed by atoms with E-state index >= 15 is 0 Å². The number of hydrogen-bond donors (Lipinski definition) is 2. The fraction of sp³-hybridized carbons (Fsp3) is 0.200. The van der Waals surface area contributed by atoms with Gasteiger partial charge in [0.2, 0.25) is 0 Å². The van der Waals surface area contributed by atoms with Gasteiger partial charge in [0.25, 0.3) is 0 Å². The van der Waals surface area contributed by atoms with E-state index in [4.69, 9.17) is 10.8 Å². The van der Waals surface area contributed by atoms with Gasteiger partial charge in [-0.25, -0.2) is 14.8 Å². The van der Waals surface area contributed by atoms with Gasteiger partial charge in [-0.05, 0) is 5.92 Å². The Morgan fingerprint density at radius 3 is 2.88 bits per heavy atom. The molecular formula is C10H9N3O4. The minimum Gasteiger partial charge on any atom is -0.476 e. The van der Waals surface area contributed by atoms with Crippen molar-refractivity contribution < 1.29 is 19.4 Å². The number of anilines is 1. The van der Waals surface area contributed by atoms with Crippen molar-refractivity contribution >= 4 is 17.8 Å². The number of nitrogens with two attached hydrogens (primary N) is 1. The summed E-state index contributed by atoms with van der Waals surface area (Å²) in [6.07, 6.45) is 1.12. The zero-order chi connectivity index (χ0) is 12.8. The first-order chi connectivity index (χ1) is 8.04. The predicted molar refractivity (Wildman–Crippen MR) is 56.9 cm³/mol. The molecule has 1 aromatic heterocycles. The van der Waals surface area contributed by atoms with Crippen LogP contribution in [-0.2, 0) is 9.53 Å². The van der Waals surface area contributed by atoms with Gasteiger partial charge in [0.15, 0.2) is 11.5 Å². The average molecular weight is 235 g/mol. The SMILES string of the molecule is COC(=O)CC#Cc1cnc(N)c(C(=O)O)n1. The third kappa shape index (κ3) is 3.46. The molecule has 0 amide bonds. The first-order valence-electron chi connectivity index (χ1n) is 4.46. The maximum Gasteiger partial charge on any atom is 0.358 e. The van der Waals surface area contributed by atoms with Crippen LogP contribution in [-0.4, -0.2) is 34.1 Å². The number of aromatic carboxylic acids is 1. The third-order valence-electron chi connectivity index (χ3n) is 1.68. The highest BCUT2D eigenvalue weighted by Crippen LogP contribution is 2.04. The number of rotatable bonds is 2. The molecule has 0 radical (unpaired) electrons. The van der Waals surface area contributed by atoms with Crippen molar-refractivity contribution in [3.05, 3.63) is 17.6 Å². The Bertz CT molecular complexity index is 516. The highest BCUT2D eigenvalue weighted by atomic mass is 16.5. The second-order valence-corrected chi connectivity index (χ2v) is 2.85. The first-order valence-corrected chi connectivity index (χ1v) is 4.46. The highest BCUT2D eigenvalue weighted by molar-refractivity contribution is 5.90. The number of aromatic nitrogens is 2. The molecule has 0 saturated heterocycles. The molecule has 3 N–H and O–H groups in total. The lowest BCUT2D eigenvalue weighted by Crippen LogP contribution is -2.08. The van der Waals surface area contributed by atoms with Gasteiger partial charge < -0.3 is 15.6 Å². The summed E-state index contributed by atoms with van der Waals surface area (Å²) in [5.41, 5.74) is 5.07. The number of methoxy groups -OCH3 is 1. The van der Waals surface area contributed by atoms with E-state index in [1.807, 2.05) is 0 Å². The summed E-state index contributed by atoms with van der Waals surface area (Å²) in [6.45, 7) is 0. The quantitative estimate of drug-likeness (QED) is 0.532. The first kappa shape index (κ1) is 12.4. The second-order valence-electron chi connectivity index (χ2n) is 2.85. The lowest BCUT2D eigenvalue weighted by molar-refractivity contribution is -0.139. The number of hydrogen-bond acceptors (Lipinski definition) is 6. The molecule has 0 fully saturated rings. The molecule has 88 valence electrons. The van der Waals surface area contributed by atoms with Crippen molar-refractivity contribution in [3.8, 4) is 11.8 Å². The Hall–Kier alpha value is -2.62. The lowest BCUT2D eigenvalue weighted by Gasteiger charge is -1.98. The van der Waals surface area contributed by atoms with E-state index in [0.717, 1.165) is 0 Å². The number of carbonyl (C=O) groups is 2. The maximum atomic E-state index is 10.8. The molecule has 1 heterocycles. The Morgan fingerprint density at radius 1 is 1.59 bits per heavy atom. The number of nitrogens with zero attached hydrogens (tertiary/aromatic N) is 2. The highest BCUT2D eigenvalue weighted by Gasteiger charge is 2.11. The fourth-order valence-corrected chi connectivity index (χ4v) is 0.895. The number of carboxylic acid groups (broad SMARTS) is 1. The Morgan fingerprint density at radius 2 is 2.29 bits per heavy atom. The van der Waals surface area contributed by atoms with Crippen LogP contribution in [0.4, 0.5) is 5.82 Å². The standard InChI is InChI=1S/C10H9N3O4/c1-17-7(14)4-2-3-6-5-12-9(11)8(13-6)10(15)16/h5H,4H2,1H3,(H2,11,12)(H,15,16). The minimum atomic E-state index is -1.29. The summed E-state index contributed by atoms with van der Waals surface area (Å²) in [7, 11) is 1.25. The molecule has 7 heteroatoms. The molecule has 0 unspecified atom stereocenters. The average Bonchev–Trinajstić information content (AvgIpc) is 2.30. The molecule has 1 rings (SSSR count). The fourth-order valence-electron chi connectivity index (χ4n) is 0.895.